The Morgan fingerprint density at radius 3 is 2.95 bits per heavy atom. The van der Waals surface area contributed by atoms with E-state index in [1.807, 2.05) is 6.07 Å². The molecule has 0 spiro atoms. The molecule has 0 radical (unpaired) electrons. The van der Waals surface area contributed by atoms with Crippen LogP contribution in [0.15, 0.2) is 42.9 Å². The molecule has 6 nitrogen and oxygen atoms in total. The van der Waals surface area contributed by atoms with Gasteiger partial charge in [0.1, 0.15) is 5.52 Å². The third-order valence-corrected chi connectivity index (χ3v) is 3.11. The minimum absolute atomic E-state index is 0.0390. The van der Waals surface area contributed by atoms with Crippen molar-refractivity contribution in [3.8, 4) is 0 Å². The summed E-state index contributed by atoms with van der Waals surface area (Å²) >= 11 is 5.83. The van der Waals surface area contributed by atoms with Crippen molar-refractivity contribution >= 4 is 34.6 Å². The van der Waals surface area contributed by atoms with Crippen molar-refractivity contribution in [1.29, 1.82) is 0 Å². The quantitative estimate of drug-likeness (QED) is 0.775. The molecule has 0 unspecified atom stereocenters. The van der Waals surface area contributed by atoms with Gasteiger partial charge < -0.3 is 10.4 Å². The molecule has 0 saturated carbocycles. The lowest BCUT2D eigenvalue weighted by atomic mass is 10.2. The van der Waals surface area contributed by atoms with Crippen LogP contribution < -0.4 is 5.32 Å². The number of carboxylic acid groups (broad SMARTS) is 1. The third-order valence-electron chi connectivity index (χ3n) is 2.78. The van der Waals surface area contributed by atoms with E-state index in [9.17, 15) is 4.79 Å². The number of carboxylic acids is 1. The maximum atomic E-state index is 11.1. The molecule has 3 rings (SSSR count). The molecule has 0 bridgehead atoms. The number of hydrogen-bond acceptors (Lipinski definition) is 4. The summed E-state index contributed by atoms with van der Waals surface area (Å²) < 4.78 is 1.67. The number of nitrogens with zero attached hydrogens (tertiary/aromatic N) is 3. The Kier molecular flexibility index (Phi) is 3.00. The van der Waals surface area contributed by atoms with E-state index in [4.69, 9.17) is 16.7 Å². The molecule has 2 heterocycles. The molecule has 100 valence electrons. The summed E-state index contributed by atoms with van der Waals surface area (Å²) in [5.74, 6) is -0.488. The van der Waals surface area contributed by atoms with Crippen LogP contribution in [-0.2, 0) is 0 Å². The molecule has 2 aromatic heterocycles. The van der Waals surface area contributed by atoms with Gasteiger partial charge in [-0.3, -0.25) is 0 Å². The van der Waals surface area contributed by atoms with Crippen LogP contribution in [-0.4, -0.2) is 25.7 Å². The number of aromatic nitrogens is 3. The summed E-state index contributed by atoms with van der Waals surface area (Å²) in [5, 5.41) is 16.4. The first-order valence-electron chi connectivity index (χ1n) is 5.73. The number of carbonyl (C=O) groups is 1. The van der Waals surface area contributed by atoms with Crippen molar-refractivity contribution in [2.24, 2.45) is 0 Å². The lowest BCUT2D eigenvalue weighted by Gasteiger charge is -2.08. The summed E-state index contributed by atoms with van der Waals surface area (Å²) in [4.78, 5) is 15.3. The van der Waals surface area contributed by atoms with Crippen molar-refractivity contribution < 1.29 is 9.90 Å². The molecule has 1 aromatic carbocycles. The van der Waals surface area contributed by atoms with Crippen LogP contribution in [0.2, 0.25) is 5.02 Å². The fourth-order valence-corrected chi connectivity index (χ4v) is 2.06. The Morgan fingerprint density at radius 2 is 2.15 bits per heavy atom. The first-order chi connectivity index (χ1) is 9.65. The Labute approximate surface area is 118 Å². The predicted molar refractivity (Wildman–Crippen MR) is 74.7 cm³/mol. The number of aromatic carboxylic acids is 1. The van der Waals surface area contributed by atoms with Crippen LogP contribution in [0.25, 0.3) is 5.52 Å². The largest absolute Gasteiger partial charge is 0.478 e. The highest BCUT2D eigenvalue weighted by molar-refractivity contribution is 6.33. The number of halogens is 1. The number of benzene rings is 1. The summed E-state index contributed by atoms with van der Waals surface area (Å²) in [7, 11) is 0. The molecule has 2 N–H and O–H groups in total. The van der Waals surface area contributed by atoms with Crippen molar-refractivity contribution in [3.05, 3.63) is 53.4 Å². The van der Waals surface area contributed by atoms with E-state index >= 15 is 0 Å². The maximum Gasteiger partial charge on any atom is 0.337 e. The molecular formula is C13H9ClN4O2. The van der Waals surface area contributed by atoms with E-state index < -0.39 is 5.97 Å². The van der Waals surface area contributed by atoms with Gasteiger partial charge in [0, 0.05) is 18.1 Å². The number of rotatable bonds is 3. The van der Waals surface area contributed by atoms with Crippen LogP contribution >= 0.6 is 11.6 Å². The molecule has 7 heteroatoms. The van der Waals surface area contributed by atoms with Crippen LogP contribution in [0.3, 0.4) is 0 Å². The lowest BCUT2D eigenvalue weighted by Crippen LogP contribution is -2.01. The average Bonchev–Trinajstić information content (AvgIpc) is 2.90. The zero-order chi connectivity index (χ0) is 14.1. The maximum absolute atomic E-state index is 11.1. The molecular weight excluding hydrogens is 280 g/mol. The van der Waals surface area contributed by atoms with Crippen molar-refractivity contribution in [2.45, 2.75) is 0 Å². The van der Waals surface area contributed by atoms with Crippen LogP contribution in [0.5, 0.6) is 0 Å². The molecule has 0 aliphatic rings. The van der Waals surface area contributed by atoms with Crippen molar-refractivity contribution in [1.82, 2.24) is 14.6 Å². The minimum Gasteiger partial charge on any atom is -0.478 e. The molecule has 0 fully saturated rings. The van der Waals surface area contributed by atoms with Crippen LogP contribution in [0.4, 0.5) is 11.5 Å². The van der Waals surface area contributed by atoms with Crippen molar-refractivity contribution in [3.63, 3.8) is 0 Å². The first-order valence-corrected chi connectivity index (χ1v) is 6.11. The van der Waals surface area contributed by atoms with Gasteiger partial charge in [-0.2, -0.15) is 5.10 Å². The first kappa shape index (κ1) is 12.4. The fraction of sp³-hybridized carbons (Fsp3) is 0. The smallest absolute Gasteiger partial charge is 0.337 e. The summed E-state index contributed by atoms with van der Waals surface area (Å²) in [6, 6.07) is 6.50. The van der Waals surface area contributed by atoms with Crippen LogP contribution in [0.1, 0.15) is 10.4 Å². The predicted octanol–water partition coefficient (Wildman–Crippen LogP) is 2.82. The molecule has 0 amide bonds. The summed E-state index contributed by atoms with van der Waals surface area (Å²) in [6.45, 7) is 0. The fourth-order valence-electron chi connectivity index (χ4n) is 1.86. The summed E-state index contributed by atoms with van der Waals surface area (Å²) in [6.07, 6.45) is 4.99. The lowest BCUT2D eigenvalue weighted by molar-refractivity contribution is 0.0697. The van der Waals surface area contributed by atoms with Gasteiger partial charge >= 0.3 is 5.97 Å². The van der Waals surface area contributed by atoms with Gasteiger partial charge in [-0.25, -0.2) is 14.3 Å². The molecule has 0 atom stereocenters. The number of nitrogens with one attached hydrogen (secondary N) is 1. The van der Waals surface area contributed by atoms with E-state index in [2.05, 4.69) is 15.4 Å². The van der Waals surface area contributed by atoms with Gasteiger partial charge in [0.05, 0.1) is 16.8 Å². The van der Waals surface area contributed by atoms with E-state index in [1.165, 1.54) is 12.1 Å². The Balaban J connectivity index is 2.01. The highest BCUT2D eigenvalue weighted by Gasteiger charge is 2.10. The Morgan fingerprint density at radius 1 is 1.30 bits per heavy atom. The van der Waals surface area contributed by atoms with Gasteiger partial charge in [-0.1, -0.05) is 11.6 Å². The van der Waals surface area contributed by atoms with E-state index in [0.29, 0.717) is 11.5 Å². The van der Waals surface area contributed by atoms with Crippen LogP contribution in [0, 0.1) is 0 Å². The van der Waals surface area contributed by atoms with Gasteiger partial charge in [-0.05, 0) is 24.3 Å². The zero-order valence-corrected chi connectivity index (χ0v) is 10.9. The van der Waals surface area contributed by atoms with E-state index in [-0.39, 0.29) is 10.6 Å². The van der Waals surface area contributed by atoms with E-state index in [0.717, 1.165) is 5.52 Å². The normalized spacial score (nSPS) is 10.7. The average molecular weight is 289 g/mol. The van der Waals surface area contributed by atoms with Gasteiger partial charge in [0.25, 0.3) is 0 Å². The zero-order valence-electron chi connectivity index (χ0n) is 10.1. The second-order valence-corrected chi connectivity index (χ2v) is 4.47. The molecule has 20 heavy (non-hydrogen) atoms. The minimum atomic E-state index is -1.07. The Bertz CT molecular complexity index is 800. The second kappa shape index (κ2) is 4.82. The highest BCUT2D eigenvalue weighted by atomic mass is 35.5. The van der Waals surface area contributed by atoms with Crippen molar-refractivity contribution in [2.75, 3.05) is 5.32 Å². The molecule has 0 aliphatic carbocycles. The monoisotopic (exact) mass is 288 g/mol. The SMILES string of the molecule is O=C(O)c1cc(Nc2nccn3nccc23)ccc1Cl. The molecule has 3 aromatic rings. The topological polar surface area (TPSA) is 79.5 Å². The number of anilines is 2. The Hall–Kier alpha value is -2.60. The standard InChI is InChI=1S/C13H9ClN4O2/c14-10-2-1-8(7-9(10)13(19)20)17-12-11-3-4-16-18(11)6-5-15-12/h1-7H,(H,15,17)(H,19,20). The molecule has 0 aliphatic heterocycles. The summed E-state index contributed by atoms with van der Waals surface area (Å²) in [5.41, 5.74) is 1.42. The third kappa shape index (κ3) is 2.17. The van der Waals surface area contributed by atoms with Gasteiger partial charge in [0.2, 0.25) is 0 Å². The number of hydrogen-bond donors (Lipinski definition) is 2. The van der Waals surface area contributed by atoms with E-state index in [1.54, 1.807) is 29.2 Å². The van der Waals surface area contributed by atoms with Gasteiger partial charge in [-0.15, -0.1) is 0 Å². The highest BCUT2D eigenvalue weighted by Crippen LogP contribution is 2.24. The molecule has 0 saturated heterocycles. The second-order valence-electron chi connectivity index (χ2n) is 4.06. The van der Waals surface area contributed by atoms with Gasteiger partial charge in [0.15, 0.2) is 5.82 Å². The number of fused-ring (bicyclic) bond motifs is 1.